The van der Waals surface area contributed by atoms with Crippen LogP contribution in [-0.2, 0) is 24.2 Å². The first-order valence-corrected chi connectivity index (χ1v) is 11.6. The molecule has 0 bridgehead atoms. The highest BCUT2D eigenvalue weighted by molar-refractivity contribution is 14.0. The van der Waals surface area contributed by atoms with Crippen molar-refractivity contribution in [3.63, 3.8) is 0 Å². The number of guanidine groups is 1. The molecule has 1 aliphatic carbocycles. The zero-order valence-electron chi connectivity index (χ0n) is 18.4. The quantitative estimate of drug-likeness (QED) is 0.167. The van der Waals surface area contributed by atoms with Crippen LogP contribution in [0.3, 0.4) is 0 Å². The number of nitrogens with one attached hydrogen (secondary N) is 2. The Morgan fingerprint density at radius 2 is 1.97 bits per heavy atom. The maximum atomic E-state index is 12.4. The van der Waals surface area contributed by atoms with E-state index in [0.717, 1.165) is 57.1 Å². The van der Waals surface area contributed by atoms with Gasteiger partial charge in [-0.05, 0) is 39.0 Å². The highest BCUT2D eigenvalue weighted by Crippen LogP contribution is 2.19. The SMILES string of the molecule is CCNC(=NCCCn1nc2n(c1=O)CCCC2)NCCOC1CCCCCC1.I. The predicted molar refractivity (Wildman–Crippen MR) is 131 cm³/mol. The van der Waals surface area contributed by atoms with Crippen molar-refractivity contribution in [2.24, 2.45) is 4.99 Å². The number of ether oxygens (including phenoxy) is 1. The average molecular weight is 534 g/mol. The average Bonchev–Trinajstić information content (AvgIpc) is 2.89. The first kappa shape index (κ1) is 25.2. The summed E-state index contributed by atoms with van der Waals surface area (Å²) in [7, 11) is 0. The summed E-state index contributed by atoms with van der Waals surface area (Å²) in [6.45, 7) is 6.45. The van der Waals surface area contributed by atoms with Gasteiger partial charge in [0.05, 0.1) is 12.7 Å². The Morgan fingerprint density at radius 1 is 1.17 bits per heavy atom. The Kier molecular flexibility index (Phi) is 11.8. The number of halogens is 1. The molecule has 2 N–H and O–H groups in total. The van der Waals surface area contributed by atoms with Gasteiger partial charge in [0, 0.05) is 39.1 Å². The minimum absolute atomic E-state index is 0. The lowest BCUT2D eigenvalue weighted by atomic mass is 10.1. The largest absolute Gasteiger partial charge is 0.376 e. The van der Waals surface area contributed by atoms with E-state index in [1.54, 1.807) is 4.68 Å². The van der Waals surface area contributed by atoms with Crippen LogP contribution in [0.1, 0.15) is 70.5 Å². The van der Waals surface area contributed by atoms with Crippen LogP contribution in [0.25, 0.3) is 0 Å². The number of aliphatic imine (C=N–C) groups is 1. The fourth-order valence-corrected chi connectivity index (χ4v) is 4.15. The van der Waals surface area contributed by atoms with Crippen molar-refractivity contribution in [1.82, 2.24) is 25.0 Å². The predicted octanol–water partition coefficient (Wildman–Crippen LogP) is 2.68. The molecule has 0 spiro atoms. The van der Waals surface area contributed by atoms with Crippen molar-refractivity contribution in [3.05, 3.63) is 16.3 Å². The molecule has 1 aromatic rings. The van der Waals surface area contributed by atoms with Gasteiger partial charge in [-0.2, -0.15) is 5.10 Å². The van der Waals surface area contributed by atoms with Gasteiger partial charge < -0.3 is 15.4 Å². The molecule has 1 fully saturated rings. The van der Waals surface area contributed by atoms with Crippen molar-refractivity contribution in [2.75, 3.05) is 26.2 Å². The lowest BCUT2D eigenvalue weighted by molar-refractivity contribution is 0.0468. The van der Waals surface area contributed by atoms with Crippen LogP contribution in [0.4, 0.5) is 0 Å². The monoisotopic (exact) mass is 534 g/mol. The molecule has 9 heteroatoms. The fourth-order valence-electron chi connectivity index (χ4n) is 4.15. The van der Waals surface area contributed by atoms with E-state index in [1.807, 2.05) is 4.57 Å². The van der Waals surface area contributed by atoms with Crippen LogP contribution in [0.15, 0.2) is 9.79 Å². The number of hydrogen-bond donors (Lipinski definition) is 2. The molecule has 1 saturated carbocycles. The van der Waals surface area contributed by atoms with Crippen molar-refractivity contribution in [1.29, 1.82) is 0 Å². The Balaban J connectivity index is 0.00000320. The van der Waals surface area contributed by atoms with Crippen LogP contribution >= 0.6 is 24.0 Å². The van der Waals surface area contributed by atoms with Crippen LogP contribution < -0.4 is 16.3 Å². The Morgan fingerprint density at radius 3 is 2.70 bits per heavy atom. The highest BCUT2D eigenvalue weighted by Gasteiger charge is 2.16. The Bertz CT molecular complexity index is 694. The summed E-state index contributed by atoms with van der Waals surface area (Å²) >= 11 is 0. The molecule has 172 valence electrons. The van der Waals surface area contributed by atoms with Gasteiger partial charge >= 0.3 is 5.69 Å². The van der Waals surface area contributed by atoms with E-state index in [2.05, 4.69) is 27.6 Å². The van der Waals surface area contributed by atoms with Crippen LogP contribution in [0.2, 0.25) is 0 Å². The minimum atomic E-state index is 0. The van der Waals surface area contributed by atoms with Gasteiger partial charge in [0.25, 0.3) is 0 Å². The molecular formula is C21H39IN6O2. The fraction of sp³-hybridized carbons (Fsp3) is 0.857. The van der Waals surface area contributed by atoms with Crippen molar-refractivity contribution in [2.45, 2.75) is 90.3 Å². The molecule has 1 aliphatic heterocycles. The van der Waals surface area contributed by atoms with Crippen LogP contribution in [-0.4, -0.2) is 52.7 Å². The molecule has 0 radical (unpaired) electrons. The summed E-state index contributed by atoms with van der Waals surface area (Å²) < 4.78 is 9.47. The van der Waals surface area contributed by atoms with E-state index < -0.39 is 0 Å². The molecule has 8 nitrogen and oxygen atoms in total. The summed E-state index contributed by atoms with van der Waals surface area (Å²) in [5.41, 5.74) is 0.0318. The summed E-state index contributed by atoms with van der Waals surface area (Å²) in [6.07, 6.45) is 12.0. The first-order valence-electron chi connectivity index (χ1n) is 11.6. The van der Waals surface area contributed by atoms with Gasteiger partial charge in [-0.25, -0.2) is 9.48 Å². The van der Waals surface area contributed by atoms with Gasteiger partial charge in [0.1, 0.15) is 5.82 Å². The van der Waals surface area contributed by atoms with Gasteiger partial charge in [-0.15, -0.1) is 24.0 Å². The molecule has 1 aromatic heterocycles. The molecule has 0 aromatic carbocycles. The van der Waals surface area contributed by atoms with E-state index in [0.29, 0.717) is 25.8 Å². The lowest BCUT2D eigenvalue weighted by Crippen LogP contribution is -2.39. The molecule has 2 aliphatic rings. The van der Waals surface area contributed by atoms with Crippen molar-refractivity contribution >= 4 is 29.9 Å². The van der Waals surface area contributed by atoms with Crippen molar-refractivity contribution in [3.8, 4) is 0 Å². The number of nitrogens with zero attached hydrogens (tertiary/aromatic N) is 4. The summed E-state index contributed by atoms with van der Waals surface area (Å²) in [5, 5.41) is 11.1. The van der Waals surface area contributed by atoms with Gasteiger partial charge in [0.15, 0.2) is 5.96 Å². The Labute approximate surface area is 197 Å². The maximum Gasteiger partial charge on any atom is 0.345 e. The molecule has 0 saturated heterocycles. The molecule has 0 atom stereocenters. The number of aryl methyl sites for hydroxylation is 2. The van der Waals surface area contributed by atoms with E-state index in [1.165, 1.54) is 38.5 Å². The zero-order valence-corrected chi connectivity index (χ0v) is 20.7. The van der Waals surface area contributed by atoms with Crippen LogP contribution in [0.5, 0.6) is 0 Å². The smallest absolute Gasteiger partial charge is 0.345 e. The van der Waals surface area contributed by atoms with Gasteiger partial charge in [0.2, 0.25) is 0 Å². The second-order valence-corrected chi connectivity index (χ2v) is 8.06. The second-order valence-electron chi connectivity index (χ2n) is 8.06. The zero-order chi connectivity index (χ0) is 20.3. The molecule has 30 heavy (non-hydrogen) atoms. The van der Waals surface area contributed by atoms with Gasteiger partial charge in [-0.3, -0.25) is 9.56 Å². The van der Waals surface area contributed by atoms with Crippen molar-refractivity contribution < 1.29 is 4.74 Å². The third-order valence-electron chi connectivity index (χ3n) is 5.72. The molecule has 2 heterocycles. The Hall–Kier alpha value is -1.10. The molecule has 0 unspecified atom stereocenters. The third-order valence-corrected chi connectivity index (χ3v) is 5.72. The number of rotatable bonds is 9. The summed E-state index contributed by atoms with van der Waals surface area (Å²) in [5.74, 6) is 1.75. The van der Waals surface area contributed by atoms with E-state index >= 15 is 0 Å². The first-order chi connectivity index (χ1) is 14.3. The van der Waals surface area contributed by atoms with Gasteiger partial charge in [-0.1, -0.05) is 25.7 Å². The normalized spacial score (nSPS) is 17.7. The van der Waals surface area contributed by atoms with E-state index in [-0.39, 0.29) is 29.7 Å². The number of hydrogen-bond acceptors (Lipinski definition) is 4. The molecular weight excluding hydrogens is 495 g/mol. The summed E-state index contributed by atoms with van der Waals surface area (Å²) in [6, 6.07) is 0. The molecule has 0 amide bonds. The van der Waals surface area contributed by atoms with Crippen LogP contribution in [0, 0.1) is 0 Å². The second kappa shape index (κ2) is 14.1. The lowest BCUT2D eigenvalue weighted by Gasteiger charge is -2.16. The highest BCUT2D eigenvalue weighted by atomic mass is 127. The standard InChI is InChI=1S/C21H38N6O2.HI/c1-2-22-20(24-14-17-29-18-10-5-3-4-6-11-18)23-13-9-16-27-21(28)26-15-8-7-12-19(26)25-27;/h18H,2-17H2,1H3,(H2,22,23,24);1H. The van der Waals surface area contributed by atoms with E-state index in [9.17, 15) is 4.79 Å². The van der Waals surface area contributed by atoms with E-state index in [4.69, 9.17) is 4.74 Å². The number of aromatic nitrogens is 3. The number of fused-ring (bicyclic) bond motifs is 1. The summed E-state index contributed by atoms with van der Waals surface area (Å²) in [4.78, 5) is 17.0. The third kappa shape index (κ3) is 7.86. The minimum Gasteiger partial charge on any atom is -0.376 e. The molecule has 3 rings (SSSR count). The maximum absolute atomic E-state index is 12.4. The topological polar surface area (TPSA) is 85.5 Å².